The highest BCUT2D eigenvalue weighted by atomic mass is 28.3. The Balaban J connectivity index is 3.35. The first-order chi connectivity index (χ1) is 3.68. The predicted octanol–water partition coefficient (Wildman–Crippen LogP) is 0.898. The van der Waals surface area contributed by atoms with Crippen LogP contribution in [-0.4, -0.2) is 14.5 Å². The fraction of sp³-hybridized carbons (Fsp3) is 0.800. The molecule has 0 fully saturated rings. The van der Waals surface area contributed by atoms with Gasteiger partial charge in [0.25, 0.3) is 6.26 Å². The molecular formula is C5H11NOSi. The quantitative estimate of drug-likeness (QED) is 0.410. The second kappa shape index (κ2) is 3.50. The average Bonchev–Trinajstić information content (AvgIpc) is 1.67. The Morgan fingerprint density at radius 2 is 2.12 bits per heavy atom. The van der Waals surface area contributed by atoms with Crippen molar-refractivity contribution in [1.29, 1.82) is 5.26 Å². The van der Waals surface area contributed by atoms with Crippen LogP contribution in [0.25, 0.3) is 0 Å². The lowest BCUT2D eigenvalue weighted by atomic mass is 10.8. The van der Waals surface area contributed by atoms with Crippen LogP contribution in [0.1, 0.15) is 6.92 Å². The summed E-state index contributed by atoms with van der Waals surface area (Å²) < 4.78 is 4.67. The summed E-state index contributed by atoms with van der Waals surface area (Å²) in [6, 6.07) is 0. The first-order valence-electron chi connectivity index (χ1n) is 2.73. The summed E-state index contributed by atoms with van der Waals surface area (Å²) in [6.45, 7) is 6.25. The van der Waals surface area contributed by atoms with Gasteiger partial charge in [0.2, 0.25) is 0 Å². The summed E-state index contributed by atoms with van der Waals surface area (Å²) in [7, 11) is -0.727. The zero-order chi connectivity index (χ0) is 6.57. The summed E-state index contributed by atoms with van der Waals surface area (Å²) in [6.07, 6.45) is 1.68. The van der Waals surface area contributed by atoms with Gasteiger partial charge in [-0.1, -0.05) is 13.1 Å². The standard InChI is InChI=1S/C5H11NOSi/c1-5(7-4-6)8(2)3/h5,8H,1-3H3. The highest BCUT2D eigenvalue weighted by molar-refractivity contribution is 6.57. The van der Waals surface area contributed by atoms with Crippen molar-refractivity contribution in [3.8, 4) is 6.26 Å². The predicted molar refractivity (Wildman–Crippen MR) is 35.0 cm³/mol. The van der Waals surface area contributed by atoms with Crippen LogP contribution in [0.15, 0.2) is 0 Å². The van der Waals surface area contributed by atoms with E-state index in [1.165, 1.54) is 0 Å². The number of hydrogen-bond acceptors (Lipinski definition) is 2. The van der Waals surface area contributed by atoms with Crippen molar-refractivity contribution in [2.45, 2.75) is 25.7 Å². The fourth-order valence-electron chi connectivity index (χ4n) is 0.219. The van der Waals surface area contributed by atoms with Gasteiger partial charge in [0, 0.05) is 0 Å². The van der Waals surface area contributed by atoms with E-state index in [0.717, 1.165) is 0 Å². The normalized spacial score (nSPS) is 12.9. The number of hydrogen-bond donors (Lipinski definition) is 0. The molecule has 0 aromatic rings. The maximum atomic E-state index is 8.04. The van der Waals surface area contributed by atoms with Gasteiger partial charge in [-0.3, -0.25) is 0 Å². The molecule has 1 unspecified atom stereocenters. The Kier molecular flexibility index (Phi) is 3.29. The molecule has 0 aromatic heterocycles. The zero-order valence-corrected chi connectivity index (χ0v) is 6.66. The molecule has 8 heavy (non-hydrogen) atoms. The molecule has 0 saturated heterocycles. The molecule has 0 N–H and O–H groups in total. The fourth-order valence-corrected chi connectivity index (χ4v) is 0.552. The van der Waals surface area contributed by atoms with E-state index in [4.69, 9.17) is 5.26 Å². The molecule has 2 nitrogen and oxygen atoms in total. The molecule has 0 amide bonds. The largest absolute Gasteiger partial charge is 0.429 e. The van der Waals surface area contributed by atoms with Gasteiger partial charge in [0.05, 0.1) is 14.5 Å². The van der Waals surface area contributed by atoms with E-state index in [1.807, 2.05) is 6.92 Å². The Bertz CT molecular complexity index is 97.1. The van der Waals surface area contributed by atoms with Crippen molar-refractivity contribution in [1.82, 2.24) is 0 Å². The summed E-state index contributed by atoms with van der Waals surface area (Å²) in [5, 5.41) is 8.04. The maximum absolute atomic E-state index is 8.04. The first-order valence-corrected chi connectivity index (χ1v) is 5.70. The molecule has 0 spiro atoms. The van der Waals surface area contributed by atoms with Crippen LogP contribution >= 0.6 is 0 Å². The van der Waals surface area contributed by atoms with Gasteiger partial charge in [0.15, 0.2) is 0 Å². The van der Waals surface area contributed by atoms with Gasteiger partial charge in [-0.05, 0) is 6.92 Å². The molecular weight excluding hydrogens is 118 g/mol. The topological polar surface area (TPSA) is 33.0 Å². The van der Waals surface area contributed by atoms with Gasteiger partial charge in [-0.2, -0.15) is 5.26 Å². The van der Waals surface area contributed by atoms with Crippen molar-refractivity contribution in [3.05, 3.63) is 0 Å². The Morgan fingerprint density at radius 1 is 1.62 bits per heavy atom. The van der Waals surface area contributed by atoms with Gasteiger partial charge in [0.1, 0.15) is 0 Å². The Hall–Kier alpha value is -0.493. The summed E-state index contributed by atoms with van der Waals surface area (Å²) in [5.41, 5.74) is 0.194. The second-order valence-corrected chi connectivity index (χ2v) is 5.59. The molecule has 0 aliphatic rings. The highest BCUT2D eigenvalue weighted by Gasteiger charge is 2.07. The van der Waals surface area contributed by atoms with Crippen molar-refractivity contribution in [2.24, 2.45) is 0 Å². The zero-order valence-electron chi connectivity index (χ0n) is 5.51. The van der Waals surface area contributed by atoms with Gasteiger partial charge >= 0.3 is 0 Å². The SMILES string of the molecule is CC(OC#N)[SiH](C)C. The van der Waals surface area contributed by atoms with E-state index in [-0.39, 0.29) is 5.73 Å². The van der Waals surface area contributed by atoms with Crippen molar-refractivity contribution in [2.75, 3.05) is 0 Å². The van der Waals surface area contributed by atoms with E-state index < -0.39 is 8.80 Å². The molecule has 0 saturated carbocycles. The highest BCUT2D eigenvalue weighted by Crippen LogP contribution is 1.93. The van der Waals surface area contributed by atoms with E-state index >= 15 is 0 Å². The summed E-state index contributed by atoms with van der Waals surface area (Å²) in [5.74, 6) is 0. The molecule has 0 radical (unpaired) electrons. The molecule has 0 rings (SSSR count). The minimum absolute atomic E-state index is 0.194. The van der Waals surface area contributed by atoms with Gasteiger partial charge in [-0.15, -0.1) is 0 Å². The third-order valence-electron chi connectivity index (χ3n) is 1.18. The Labute approximate surface area is 51.7 Å². The number of rotatable bonds is 2. The van der Waals surface area contributed by atoms with Crippen LogP contribution in [0.4, 0.5) is 0 Å². The third kappa shape index (κ3) is 2.64. The molecule has 0 aromatic carbocycles. The minimum atomic E-state index is -0.727. The van der Waals surface area contributed by atoms with Crippen molar-refractivity contribution < 1.29 is 4.74 Å². The molecule has 3 heteroatoms. The Morgan fingerprint density at radius 3 is 2.25 bits per heavy atom. The lowest BCUT2D eigenvalue weighted by Crippen LogP contribution is -2.22. The van der Waals surface area contributed by atoms with Crippen LogP contribution in [0.2, 0.25) is 13.1 Å². The van der Waals surface area contributed by atoms with E-state index in [0.29, 0.717) is 0 Å². The third-order valence-corrected chi connectivity index (χ3v) is 3.19. The molecule has 0 aliphatic carbocycles. The second-order valence-electron chi connectivity index (χ2n) is 2.16. The summed E-state index contributed by atoms with van der Waals surface area (Å²) >= 11 is 0. The van der Waals surface area contributed by atoms with Crippen LogP contribution in [0.3, 0.4) is 0 Å². The van der Waals surface area contributed by atoms with Crippen LogP contribution < -0.4 is 0 Å². The number of nitriles is 1. The molecule has 0 bridgehead atoms. The molecule has 46 valence electrons. The molecule has 0 aliphatic heterocycles. The number of nitrogens with zero attached hydrogens (tertiary/aromatic N) is 1. The number of ether oxygens (including phenoxy) is 1. The maximum Gasteiger partial charge on any atom is 0.286 e. The van der Waals surface area contributed by atoms with Crippen LogP contribution in [-0.2, 0) is 4.74 Å². The lowest BCUT2D eigenvalue weighted by Gasteiger charge is -2.08. The van der Waals surface area contributed by atoms with Crippen molar-refractivity contribution in [3.63, 3.8) is 0 Å². The van der Waals surface area contributed by atoms with Crippen LogP contribution in [0, 0.1) is 11.5 Å². The first kappa shape index (κ1) is 7.51. The summed E-state index contributed by atoms with van der Waals surface area (Å²) in [4.78, 5) is 0. The molecule has 1 atom stereocenters. The van der Waals surface area contributed by atoms with E-state index in [9.17, 15) is 0 Å². The van der Waals surface area contributed by atoms with Crippen molar-refractivity contribution >= 4 is 8.80 Å². The van der Waals surface area contributed by atoms with E-state index in [1.54, 1.807) is 6.26 Å². The molecule has 0 heterocycles. The van der Waals surface area contributed by atoms with Crippen LogP contribution in [0.5, 0.6) is 0 Å². The monoisotopic (exact) mass is 129 g/mol. The minimum Gasteiger partial charge on any atom is -0.429 e. The van der Waals surface area contributed by atoms with Gasteiger partial charge in [-0.25, -0.2) is 0 Å². The smallest absolute Gasteiger partial charge is 0.286 e. The lowest BCUT2D eigenvalue weighted by molar-refractivity contribution is 0.246. The van der Waals surface area contributed by atoms with E-state index in [2.05, 4.69) is 17.8 Å². The average molecular weight is 129 g/mol. The van der Waals surface area contributed by atoms with Gasteiger partial charge < -0.3 is 4.74 Å².